The van der Waals surface area contributed by atoms with E-state index in [2.05, 4.69) is 15.5 Å². The summed E-state index contributed by atoms with van der Waals surface area (Å²) >= 11 is 0.729. The molecule has 1 N–H and O–H groups in total. The second-order valence-electron chi connectivity index (χ2n) is 4.86. The highest BCUT2D eigenvalue weighted by Gasteiger charge is 2.17. The van der Waals surface area contributed by atoms with Crippen LogP contribution in [-0.4, -0.2) is 30.8 Å². The Morgan fingerprint density at radius 2 is 2.00 bits per heavy atom. The van der Waals surface area contributed by atoms with Crippen molar-refractivity contribution >= 4 is 38.3 Å². The number of sulfone groups is 1. The predicted octanol–water partition coefficient (Wildman–Crippen LogP) is 2.05. The van der Waals surface area contributed by atoms with Gasteiger partial charge in [0.15, 0.2) is 0 Å². The van der Waals surface area contributed by atoms with Crippen molar-refractivity contribution in [3.8, 4) is 6.07 Å². The molecule has 9 heteroatoms. The molecule has 2 rings (SSSR count). The largest absolute Gasteiger partial charge is 0.296 e. The highest BCUT2D eigenvalue weighted by atomic mass is 32.2. The van der Waals surface area contributed by atoms with E-state index in [-0.39, 0.29) is 15.0 Å². The number of hydrogen-bond donors (Lipinski definition) is 1. The van der Waals surface area contributed by atoms with E-state index in [0.717, 1.165) is 29.6 Å². The SMILES string of the molecule is CCc1ccc(/C=C(/C#N)C(=O)Nc2nnc(S(C)(=O)=O)s2)cc1. The first kappa shape index (κ1) is 17.8. The van der Waals surface area contributed by atoms with Gasteiger partial charge in [-0.3, -0.25) is 10.1 Å². The van der Waals surface area contributed by atoms with Crippen LogP contribution >= 0.6 is 11.3 Å². The zero-order valence-corrected chi connectivity index (χ0v) is 14.6. The summed E-state index contributed by atoms with van der Waals surface area (Å²) in [6.45, 7) is 2.03. The molecule has 1 amide bonds. The summed E-state index contributed by atoms with van der Waals surface area (Å²) in [6.07, 6.45) is 3.35. The maximum atomic E-state index is 12.1. The van der Waals surface area contributed by atoms with E-state index in [1.807, 2.05) is 37.3 Å². The highest BCUT2D eigenvalue weighted by Crippen LogP contribution is 2.20. The van der Waals surface area contributed by atoms with E-state index in [4.69, 9.17) is 5.26 Å². The molecule has 7 nitrogen and oxygen atoms in total. The van der Waals surface area contributed by atoms with Crippen molar-refractivity contribution in [1.29, 1.82) is 5.26 Å². The van der Waals surface area contributed by atoms with Gasteiger partial charge in [-0.15, -0.1) is 10.2 Å². The summed E-state index contributed by atoms with van der Waals surface area (Å²) in [5.74, 6) is -0.673. The average molecular weight is 362 g/mol. The number of nitrogens with one attached hydrogen (secondary N) is 1. The molecule has 1 aromatic heterocycles. The fourth-order valence-corrected chi connectivity index (χ4v) is 3.24. The fraction of sp³-hybridized carbons (Fsp3) is 0.200. The first-order valence-electron chi connectivity index (χ1n) is 6.89. The molecule has 24 heavy (non-hydrogen) atoms. The maximum Gasteiger partial charge on any atom is 0.268 e. The van der Waals surface area contributed by atoms with E-state index < -0.39 is 15.7 Å². The molecule has 0 fully saturated rings. The zero-order chi connectivity index (χ0) is 17.7. The third-order valence-corrected chi connectivity index (χ3v) is 5.52. The van der Waals surface area contributed by atoms with E-state index in [1.54, 1.807) is 0 Å². The maximum absolute atomic E-state index is 12.1. The van der Waals surface area contributed by atoms with Gasteiger partial charge < -0.3 is 0 Å². The number of benzene rings is 1. The molecule has 0 radical (unpaired) electrons. The van der Waals surface area contributed by atoms with Crippen molar-refractivity contribution in [2.24, 2.45) is 0 Å². The van der Waals surface area contributed by atoms with Crippen LogP contribution in [0.4, 0.5) is 5.13 Å². The molecule has 1 heterocycles. The Labute approximate surface area is 143 Å². The van der Waals surface area contributed by atoms with Crippen LogP contribution in [-0.2, 0) is 21.1 Å². The topological polar surface area (TPSA) is 113 Å². The average Bonchev–Trinajstić information content (AvgIpc) is 3.01. The minimum atomic E-state index is -3.48. The molecule has 0 aliphatic heterocycles. The van der Waals surface area contributed by atoms with Crippen molar-refractivity contribution in [2.75, 3.05) is 11.6 Å². The Balaban J connectivity index is 2.18. The molecule has 0 unspecified atom stereocenters. The first-order chi connectivity index (χ1) is 11.3. The number of nitriles is 1. The van der Waals surface area contributed by atoms with Gasteiger partial charge in [0, 0.05) is 6.26 Å². The number of anilines is 1. The second kappa shape index (κ2) is 7.33. The number of amides is 1. The summed E-state index contributed by atoms with van der Waals surface area (Å²) in [4.78, 5) is 12.1. The molecule has 0 bridgehead atoms. The number of aromatic nitrogens is 2. The van der Waals surface area contributed by atoms with Crippen LogP contribution in [0.2, 0.25) is 0 Å². The van der Waals surface area contributed by atoms with E-state index in [0.29, 0.717) is 5.56 Å². The number of nitrogens with zero attached hydrogens (tertiary/aromatic N) is 3. The van der Waals surface area contributed by atoms with Gasteiger partial charge in [-0.25, -0.2) is 8.42 Å². The molecule has 2 aromatic rings. The Morgan fingerprint density at radius 3 is 2.50 bits per heavy atom. The van der Waals surface area contributed by atoms with Crippen molar-refractivity contribution < 1.29 is 13.2 Å². The van der Waals surface area contributed by atoms with Gasteiger partial charge in [0.05, 0.1) is 0 Å². The van der Waals surface area contributed by atoms with E-state index >= 15 is 0 Å². The van der Waals surface area contributed by atoms with Crippen molar-refractivity contribution in [2.45, 2.75) is 17.7 Å². The van der Waals surface area contributed by atoms with Gasteiger partial charge in [0.2, 0.25) is 19.3 Å². The molecule has 124 valence electrons. The van der Waals surface area contributed by atoms with Gasteiger partial charge in [-0.05, 0) is 23.6 Å². The molecule has 0 spiro atoms. The number of carbonyl (C=O) groups excluding carboxylic acids is 1. The summed E-state index contributed by atoms with van der Waals surface area (Å²) in [6, 6.07) is 9.29. The van der Waals surface area contributed by atoms with Gasteiger partial charge in [-0.2, -0.15) is 5.26 Å². The molecule has 0 aliphatic rings. The molecule has 0 saturated carbocycles. The number of rotatable bonds is 5. The second-order valence-corrected chi connectivity index (χ2v) is 8.03. The van der Waals surface area contributed by atoms with Crippen molar-refractivity contribution in [3.05, 3.63) is 41.0 Å². The van der Waals surface area contributed by atoms with E-state index in [1.165, 1.54) is 6.08 Å². The van der Waals surface area contributed by atoms with Gasteiger partial charge in [0.1, 0.15) is 11.6 Å². The van der Waals surface area contributed by atoms with Crippen LogP contribution in [0.25, 0.3) is 6.08 Å². The molecular weight excluding hydrogens is 348 g/mol. The van der Waals surface area contributed by atoms with Crippen LogP contribution in [0.1, 0.15) is 18.1 Å². The quantitative estimate of drug-likeness (QED) is 0.495. The van der Waals surface area contributed by atoms with Crippen LogP contribution < -0.4 is 5.32 Å². The lowest BCUT2D eigenvalue weighted by molar-refractivity contribution is -0.112. The minimum Gasteiger partial charge on any atom is -0.296 e. The lowest BCUT2D eigenvalue weighted by Gasteiger charge is -2.01. The Hall–Kier alpha value is -2.57. The normalized spacial score (nSPS) is 11.8. The van der Waals surface area contributed by atoms with Crippen LogP contribution in [0, 0.1) is 11.3 Å². The summed E-state index contributed by atoms with van der Waals surface area (Å²) in [5.41, 5.74) is 1.75. The van der Waals surface area contributed by atoms with Crippen molar-refractivity contribution in [1.82, 2.24) is 10.2 Å². The van der Waals surface area contributed by atoms with Crippen LogP contribution in [0.15, 0.2) is 34.2 Å². The Kier molecular flexibility index (Phi) is 5.43. The standard InChI is InChI=1S/C15H14N4O3S2/c1-3-10-4-6-11(7-5-10)8-12(9-16)13(20)17-14-18-19-15(23-14)24(2,21)22/h4-8H,3H2,1-2H3,(H,17,18,20)/b12-8-. The Morgan fingerprint density at radius 1 is 1.33 bits per heavy atom. The molecular formula is C15H14N4O3S2. The van der Waals surface area contributed by atoms with Gasteiger partial charge >= 0.3 is 0 Å². The molecule has 0 saturated heterocycles. The third kappa shape index (κ3) is 4.47. The predicted molar refractivity (Wildman–Crippen MR) is 91.1 cm³/mol. The fourth-order valence-electron chi connectivity index (χ4n) is 1.74. The lowest BCUT2D eigenvalue weighted by Crippen LogP contribution is -2.13. The van der Waals surface area contributed by atoms with Crippen molar-refractivity contribution in [3.63, 3.8) is 0 Å². The highest BCUT2D eigenvalue weighted by molar-refractivity contribution is 7.92. The molecule has 0 atom stereocenters. The third-order valence-electron chi connectivity index (χ3n) is 3.01. The van der Waals surface area contributed by atoms with Gasteiger partial charge in [0.25, 0.3) is 5.91 Å². The molecule has 0 aliphatic carbocycles. The van der Waals surface area contributed by atoms with E-state index in [9.17, 15) is 13.2 Å². The van der Waals surface area contributed by atoms with Crippen LogP contribution in [0.5, 0.6) is 0 Å². The summed E-state index contributed by atoms with van der Waals surface area (Å²) < 4.78 is 22.5. The first-order valence-corrected chi connectivity index (χ1v) is 9.60. The van der Waals surface area contributed by atoms with Crippen LogP contribution in [0.3, 0.4) is 0 Å². The smallest absolute Gasteiger partial charge is 0.268 e. The van der Waals surface area contributed by atoms with Gasteiger partial charge in [-0.1, -0.05) is 42.5 Å². The minimum absolute atomic E-state index is 0.0166. The molecule has 1 aromatic carbocycles. The summed E-state index contributed by atoms with van der Waals surface area (Å²) in [7, 11) is -3.48. The number of hydrogen-bond acceptors (Lipinski definition) is 7. The zero-order valence-electron chi connectivity index (χ0n) is 13.0. The monoisotopic (exact) mass is 362 g/mol. The number of aryl methyl sites for hydroxylation is 1. The Bertz CT molecular complexity index is 922. The summed E-state index contributed by atoms with van der Waals surface area (Å²) in [5, 5.41) is 18.6. The lowest BCUT2D eigenvalue weighted by atomic mass is 10.1. The number of carbonyl (C=O) groups is 1.